The molecule has 0 saturated carbocycles. The Hall–Kier alpha value is -1.30. The van der Waals surface area contributed by atoms with Crippen molar-refractivity contribution in [2.24, 2.45) is 5.73 Å². The van der Waals surface area contributed by atoms with Gasteiger partial charge in [-0.3, -0.25) is 0 Å². The van der Waals surface area contributed by atoms with E-state index in [1.165, 1.54) is 12.3 Å². The van der Waals surface area contributed by atoms with E-state index < -0.39 is 11.7 Å². The molecule has 6 heteroatoms. The summed E-state index contributed by atoms with van der Waals surface area (Å²) in [7, 11) is 0. The minimum Gasteiger partial charge on any atom is -0.368 e. The van der Waals surface area contributed by atoms with Crippen molar-refractivity contribution >= 4 is 5.82 Å². The fourth-order valence-electron chi connectivity index (χ4n) is 1.03. The van der Waals surface area contributed by atoms with Crippen LogP contribution in [0.4, 0.5) is 19.0 Å². The molecule has 0 fully saturated rings. The zero-order chi connectivity index (χ0) is 11.5. The van der Waals surface area contributed by atoms with Gasteiger partial charge in [-0.05, 0) is 19.1 Å². The summed E-state index contributed by atoms with van der Waals surface area (Å²) in [6, 6.07) is 2.00. The third-order valence-corrected chi connectivity index (χ3v) is 1.70. The smallest absolute Gasteiger partial charge is 0.368 e. The molecule has 0 aliphatic heterocycles. The number of hydrogen-bond donors (Lipinski definition) is 2. The SMILES string of the molecule is C[C@@H](N)CNc1ncccc1C(F)(F)F. The Morgan fingerprint density at radius 3 is 2.73 bits per heavy atom. The molecule has 0 bridgehead atoms. The van der Waals surface area contributed by atoms with Crippen molar-refractivity contribution < 1.29 is 13.2 Å². The molecule has 0 aliphatic rings. The van der Waals surface area contributed by atoms with Crippen LogP contribution in [0.15, 0.2) is 18.3 Å². The summed E-state index contributed by atoms with van der Waals surface area (Å²) < 4.78 is 37.4. The predicted molar refractivity (Wildman–Crippen MR) is 51.4 cm³/mol. The molecule has 0 aliphatic carbocycles. The Bertz CT molecular complexity index is 323. The molecule has 84 valence electrons. The molecule has 0 unspecified atom stereocenters. The van der Waals surface area contributed by atoms with Crippen LogP contribution in [-0.2, 0) is 6.18 Å². The quantitative estimate of drug-likeness (QED) is 0.815. The maximum Gasteiger partial charge on any atom is 0.419 e. The van der Waals surface area contributed by atoms with Crippen LogP contribution >= 0.6 is 0 Å². The van der Waals surface area contributed by atoms with Gasteiger partial charge < -0.3 is 11.1 Å². The summed E-state index contributed by atoms with van der Waals surface area (Å²) in [5, 5.41) is 2.56. The average molecular weight is 219 g/mol. The van der Waals surface area contributed by atoms with Crippen LogP contribution in [-0.4, -0.2) is 17.6 Å². The van der Waals surface area contributed by atoms with Gasteiger partial charge in [-0.15, -0.1) is 0 Å². The Morgan fingerprint density at radius 1 is 1.53 bits per heavy atom. The molecular weight excluding hydrogens is 207 g/mol. The van der Waals surface area contributed by atoms with E-state index in [9.17, 15) is 13.2 Å². The van der Waals surface area contributed by atoms with E-state index >= 15 is 0 Å². The van der Waals surface area contributed by atoms with E-state index in [1.807, 2.05) is 0 Å². The molecule has 15 heavy (non-hydrogen) atoms. The fraction of sp³-hybridized carbons (Fsp3) is 0.444. The highest BCUT2D eigenvalue weighted by Crippen LogP contribution is 2.33. The Morgan fingerprint density at radius 2 is 2.20 bits per heavy atom. The van der Waals surface area contributed by atoms with Gasteiger partial charge in [0.1, 0.15) is 5.82 Å². The van der Waals surface area contributed by atoms with Gasteiger partial charge in [0, 0.05) is 18.8 Å². The van der Waals surface area contributed by atoms with Gasteiger partial charge in [-0.2, -0.15) is 13.2 Å². The van der Waals surface area contributed by atoms with E-state index in [4.69, 9.17) is 5.73 Å². The normalized spacial score (nSPS) is 13.7. The Kier molecular flexibility index (Phi) is 3.52. The standard InChI is InChI=1S/C9H12F3N3/c1-6(13)5-15-8-7(9(10,11)12)3-2-4-14-8/h2-4,6H,5,13H2,1H3,(H,14,15)/t6-/m1/s1. The van der Waals surface area contributed by atoms with Crippen LogP contribution in [0, 0.1) is 0 Å². The molecule has 1 aromatic rings. The van der Waals surface area contributed by atoms with Crippen molar-refractivity contribution in [3.8, 4) is 0 Å². The molecule has 0 saturated heterocycles. The van der Waals surface area contributed by atoms with Crippen LogP contribution < -0.4 is 11.1 Å². The van der Waals surface area contributed by atoms with Crippen molar-refractivity contribution in [3.05, 3.63) is 23.9 Å². The summed E-state index contributed by atoms with van der Waals surface area (Å²) in [5.41, 5.74) is 4.66. The monoisotopic (exact) mass is 219 g/mol. The van der Waals surface area contributed by atoms with Crippen LogP contribution in [0.2, 0.25) is 0 Å². The van der Waals surface area contributed by atoms with E-state index in [0.29, 0.717) is 0 Å². The number of pyridine rings is 1. The zero-order valence-electron chi connectivity index (χ0n) is 8.17. The van der Waals surface area contributed by atoms with E-state index in [-0.39, 0.29) is 18.4 Å². The fourth-order valence-corrected chi connectivity index (χ4v) is 1.03. The molecule has 0 aromatic carbocycles. The highest BCUT2D eigenvalue weighted by molar-refractivity contribution is 5.45. The second kappa shape index (κ2) is 4.48. The number of nitrogens with zero attached hydrogens (tertiary/aromatic N) is 1. The van der Waals surface area contributed by atoms with Gasteiger partial charge >= 0.3 is 6.18 Å². The van der Waals surface area contributed by atoms with Crippen molar-refractivity contribution in [2.75, 3.05) is 11.9 Å². The van der Waals surface area contributed by atoms with Crippen molar-refractivity contribution in [1.82, 2.24) is 4.98 Å². The van der Waals surface area contributed by atoms with Crippen molar-refractivity contribution in [3.63, 3.8) is 0 Å². The number of halogens is 3. The number of rotatable bonds is 3. The minimum absolute atomic E-state index is 0.178. The lowest BCUT2D eigenvalue weighted by Crippen LogP contribution is -2.26. The van der Waals surface area contributed by atoms with Crippen molar-refractivity contribution in [1.29, 1.82) is 0 Å². The summed E-state index contributed by atoms with van der Waals surface area (Å²) in [6.07, 6.45) is -3.09. The molecule has 1 aromatic heterocycles. The average Bonchev–Trinajstić information content (AvgIpc) is 2.13. The zero-order valence-corrected chi connectivity index (χ0v) is 8.17. The van der Waals surface area contributed by atoms with Gasteiger partial charge in [0.25, 0.3) is 0 Å². The molecule has 0 radical (unpaired) electrons. The lowest BCUT2D eigenvalue weighted by molar-refractivity contribution is -0.137. The molecule has 1 atom stereocenters. The van der Waals surface area contributed by atoms with Gasteiger partial charge in [0.15, 0.2) is 0 Å². The van der Waals surface area contributed by atoms with E-state index in [2.05, 4.69) is 10.3 Å². The van der Waals surface area contributed by atoms with Crippen LogP contribution in [0.1, 0.15) is 12.5 Å². The molecule has 0 spiro atoms. The second-order valence-corrected chi connectivity index (χ2v) is 3.26. The molecule has 1 rings (SSSR count). The number of aromatic nitrogens is 1. The third-order valence-electron chi connectivity index (χ3n) is 1.70. The molecule has 0 amide bonds. The molecular formula is C9H12F3N3. The van der Waals surface area contributed by atoms with E-state index in [0.717, 1.165) is 6.07 Å². The maximum atomic E-state index is 12.5. The van der Waals surface area contributed by atoms with Crippen molar-refractivity contribution in [2.45, 2.75) is 19.1 Å². The highest BCUT2D eigenvalue weighted by Gasteiger charge is 2.33. The van der Waals surface area contributed by atoms with Crippen LogP contribution in [0.25, 0.3) is 0 Å². The molecule has 3 N–H and O–H groups in total. The highest BCUT2D eigenvalue weighted by atomic mass is 19.4. The number of nitrogens with one attached hydrogen (secondary N) is 1. The van der Waals surface area contributed by atoms with Gasteiger partial charge in [-0.25, -0.2) is 4.98 Å². The Balaban J connectivity index is 2.87. The lowest BCUT2D eigenvalue weighted by Gasteiger charge is -2.14. The first-order valence-electron chi connectivity index (χ1n) is 4.43. The summed E-state index contributed by atoms with van der Waals surface area (Å²) in [4.78, 5) is 3.63. The molecule has 3 nitrogen and oxygen atoms in total. The van der Waals surface area contributed by atoms with Crippen LogP contribution in [0.5, 0.6) is 0 Å². The predicted octanol–water partition coefficient (Wildman–Crippen LogP) is 1.86. The van der Waals surface area contributed by atoms with Gasteiger partial charge in [0.05, 0.1) is 5.56 Å². The van der Waals surface area contributed by atoms with Gasteiger partial charge in [0.2, 0.25) is 0 Å². The largest absolute Gasteiger partial charge is 0.419 e. The Labute approximate surface area is 85.5 Å². The number of nitrogens with two attached hydrogens (primary N) is 1. The second-order valence-electron chi connectivity index (χ2n) is 3.26. The number of alkyl halides is 3. The summed E-state index contributed by atoms with van der Waals surface area (Å²) in [6.45, 7) is 1.95. The summed E-state index contributed by atoms with van der Waals surface area (Å²) >= 11 is 0. The first-order chi connectivity index (χ1) is 6.91. The topological polar surface area (TPSA) is 50.9 Å². The molecule has 1 heterocycles. The van der Waals surface area contributed by atoms with E-state index in [1.54, 1.807) is 6.92 Å². The number of anilines is 1. The van der Waals surface area contributed by atoms with Crippen LogP contribution in [0.3, 0.4) is 0 Å². The number of hydrogen-bond acceptors (Lipinski definition) is 3. The minimum atomic E-state index is -4.39. The lowest BCUT2D eigenvalue weighted by atomic mass is 10.2. The summed E-state index contributed by atoms with van der Waals surface area (Å²) in [5.74, 6) is -0.178. The first-order valence-corrected chi connectivity index (χ1v) is 4.43. The van der Waals surface area contributed by atoms with Gasteiger partial charge in [-0.1, -0.05) is 0 Å². The third kappa shape index (κ3) is 3.39. The first kappa shape index (κ1) is 11.8. The maximum absolute atomic E-state index is 12.5.